The smallest absolute Gasteiger partial charge is 0.258 e. The highest BCUT2D eigenvalue weighted by molar-refractivity contribution is 5.77. The van der Waals surface area contributed by atoms with Crippen LogP contribution in [0.4, 0.5) is 0 Å². The van der Waals surface area contributed by atoms with Gasteiger partial charge in [-0.05, 0) is 38.3 Å². The van der Waals surface area contributed by atoms with Crippen LogP contribution in [0.2, 0.25) is 0 Å². The van der Waals surface area contributed by atoms with Gasteiger partial charge in [0.1, 0.15) is 5.75 Å². The molecule has 0 radical (unpaired) electrons. The van der Waals surface area contributed by atoms with E-state index in [0.717, 1.165) is 18.4 Å². The minimum Gasteiger partial charge on any atom is -0.483 e. The van der Waals surface area contributed by atoms with Gasteiger partial charge in [-0.1, -0.05) is 12.1 Å². The summed E-state index contributed by atoms with van der Waals surface area (Å²) in [5, 5.41) is 12.7. The van der Waals surface area contributed by atoms with Gasteiger partial charge in [-0.3, -0.25) is 4.79 Å². The van der Waals surface area contributed by atoms with Gasteiger partial charge >= 0.3 is 0 Å². The minimum absolute atomic E-state index is 0.0411. The number of hydrogen-bond donors (Lipinski definition) is 2. The molecule has 0 aromatic heterocycles. The zero-order valence-corrected chi connectivity index (χ0v) is 12.6. The molecule has 0 aliphatic carbocycles. The fourth-order valence-corrected chi connectivity index (χ4v) is 2.37. The summed E-state index contributed by atoms with van der Waals surface area (Å²) in [6.45, 7) is 4.96. The molecule has 1 saturated heterocycles. The summed E-state index contributed by atoms with van der Waals surface area (Å²) < 4.78 is 10.8. The fourth-order valence-electron chi connectivity index (χ4n) is 2.37. The van der Waals surface area contributed by atoms with Gasteiger partial charge in [0.05, 0.1) is 6.10 Å². The van der Waals surface area contributed by atoms with Crippen molar-refractivity contribution in [3.8, 4) is 5.75 Å². The second kappa shape index (κ2) is 7.43. The zero-order chi connectivity index (χ0) is 15.2. The normalized spacial score (nSPS) is 17.3. The summed E-state index contributed by atoms with van der Waals surface area (Å²) in [6, 6.07) is 5.75. The predicted molar refractivity (Wildman–Crippen MR) is 79.3 cm³/mol. The molecule has 1 aromatic rings. The lowest BCUT2D eigenvalue weighted by molar-refractivity contribution is -0.124. The van der Waals surface area contributed by atoms with Gasteiger partial charge in [-0.15, -0.1) is 0 Å². The quantitative estimate of drug-likeness (QED) is 0.867. The topological polar surface area (TPSA) is 67.8 Å². The highest BCUT2D eigenvalue weighted by atomic mass is 16.5. The molecule has 21 heavy (non-hydrogen) atoms. The molecule has 5 heteroatoms. The first-order chi connectivity index (χ1) is 10.1. The SMILES string of the molecule is Cc1ccc([C@H](C)O)c(OCC(=O)NC2CCOCC2)c1. The van der Waals surface area contributed by atoms with Crippen molar-refractivity contribution in [1.29, 1.82) is 0 Å². The first-order valence-corrected chi connectivity index (χ1v) is 7.35. The van der Waals surface area contributed by atoms with Crippen molar-refractivity contribution in [1.82, 2.24) is 5.32 Å². The third-order valence-corrected chi connectivity index (χ3v) is 3.56. The monoisotopic (exact) mass is 293 g/mol. The fraction of sp³-hybridized carbons (Fsp3) is 0.562. The first kappa shape index (κ1) is 15.8. The lowest BCUT2D eigenvalue weighted by Gasteiger charge is -2.23. The first-order valence-electron chi connectivity index (χ1n) is 7.35. The molecule has 0 saturated carbocycles. The van der Waals surface area contributed by atoms with Crippen LogP contribution >= 0.6 is 0 Å². The number of rotatable bonds is 5. The van der Waals surface area contributed by atoms with E-state index in [9.17, 15) is 9.90 Å². The Bertz CT molecular complexity index is 481. The van der Waals surface area contributed by atoms with Crippen LogP contribution in [0.25, 0.3) is 0 Å². The van der Waals surface area contributed by atoms with Gasteiger partial charge in [-0.2, -0.15) is 0 Å². The second-order valence-corrected chi connectivity index (χ2v) is 5.46. The number of aliphatic hydroxyl groups is 1. The van der Waals surface area contributed by atoms with Crippen LogP contribution in [0, 0.1) is 6.92 Å². The third-order valence-electron chi connectivity index (χ3n) is 3.56. The van der Waals surface area contributed by atoms with Gasteiger partial charge in [0.15, 0.2) is 6.61 Å². The molecule has 0 unspecified atom stereocenters. The van der Waals surface area contributed by atoms with Crippen molar-refractivity contribution in [3.05, 3.63) is 29.3 Å². The third kappa shape index (κ3) is 4.72. The lowest BCUT2D eigenvalue weighted by Crippen LogP contribution is -2.41. The number of nitrogens with one attached hydrogen (secondary N) is 1. The van der Waals surface area contributed by atoms with Crippen LogP contribution in [-0.2, 0) is 9.53 Å². The number of ether oxygens (including phenoxy) is 2. The molecule has 5 nitrogen and oxygen atoms in total. The molecule has 1 heterocycles. The average Bonchev–Trinajstić information content (AvgIpc) is 2.46. The van der Waals surface area contributed by atoms with E-state index in [1.165, 1.54) is 0 Å². The van der Waals surface area contributed by atoms with Crippen molar-refractivity contribution >= 4 is 5.91 Å². The van der Waals surface area contributed by atoms with Crippen LogP contribution in [0.3, 0.4) is 0 Å². The van der Waals surface area contributed by atoms with Gasteiger partial charge < -0.3 is 19.9 Å². The Hall–Kier alpha value is -1.59. The van der Waals surface area contributed by atoms with Gasteiger partial charge in [-0.25, -0.2) is 0 Å². The van der Waals surface area contributed by atoms with Crippen LogP contribution in [0.1, 0.15) is 37.0 Å². The maximum atomic E-state index is 11.9. The molecule has 0 spiro atoms. The van der Waals surface area contributed by atoms with E-state index in [-0.39, 0.29) is 18.6 Å². The highest BCUT2D eigenvalue weighted by Crippen LogP contribution is 2.26. The molecule has 1 aliphatic heterocycles. The summed E-state index contributed by atoms with van der Waals surface area (Å²) in [4.78, 5) is 11.9. The molecule has 1 amide bonds. The van der Waals surface area contributed by atoms with Crippen LogP contribution < -0.4 is 10.1 Å². The number of aryl methyl sites for hydroxylation is 1. The van der Waals surface area contributed by atoms with Crippen LogP contribution in [0.5, 0.6) is 5.75 Å². The van der Waals surface area contributed by atoms with E-state index < -0.39 is 6.10 Å². The van der Waals surface area contributed by atoms with Crippen molar-refractivity contribution < 1.29 is 19.4 Å². The molecule has 1 atom stereocenters. The Balaban J connectivity index is 1.89. The summed E-state index contributed by atoms with van der Waals surface area (Å²) in [5.41, 5.74) is 1.72. The summed E-state index contributed by atoms with van der Waals surface area (Å²) in [7, 11) is 0. The highest BCUT2D eigenvalue weighted by Gasteiger charge is 2.17. The summed E-state index contributed by atoms with van der Waals surface area (Å²) in [5.74, 6) is 0.423. The molecule has 0 bridgehead atoms. The average molecular weight is 293 g/mol. The van der Waals surface area contributed by atoms with Crippen LogP contribution in [0.15, 0.2) is 18.2 Å². The number of carbonyl (C=O) groups is 1. The molecule has 1 aliphatic rings. The van der Waals surface area contributed by atoms with E-state index >= 15 is 0 Å². The number of amides is 1. The zero-order valence-electron chi connectivity index (χ0n) is 12.6. The van der Waals surface area contributed by atoms with E-state index in [4.69, 9.17) is 9.47 Å². The Morgan fingerprint density at radius 3 is 2.86 bits per heavy atom. The Labute approximate surface area is 125 Å². The maximum Gasteiger partial charge on any atom is 0.258 e. The number of hydrogen-bond acceptors (Lipinski definition) is 4. The largest absolute Gasteiger partial charge is 0.483 e. The second-order valence-electron chi connectivity index (χ2n) is 5.46. The number of carbonyl (C=O) groups excluding carboxylic acids is 1. The Kier molecular flexibility index (Phi) is 5.59. The number of aliphatic hydroxyl groups excluding tert-OH is 1. The van der Waals surface area contributed by atoms with Gasteiger partial charge in [0.2, 0.25) is 0 Å². The molecule has 116 valence electrons. The molecule has 2 rings (SSSR count). The van der Waals surface area contributed by atoms with E-state index in [0.29, 0.717) is 24.5 Å². The van der Waals surface area contributed by atoms with E-state index in [2.05, 4.69) is 5.32 Å². The van der Waals surface area contributed by atoms with Crippen molar-refractivity contribution in [2.45, 2.75) is 38.8 Å². The van der Waals surface area contributed by atoms with E-state index in [1.807, 2.05) is 25.1 Å². The molecular weight excluding hydrogens is 270 g/mol. The Morgan fingerprint density at radius 1 is 1.48 bits per heavy atom. The van der Waals surface area contributed by atoms with Crippen molar-refractivity contribution in [2.75, 3.05) is 19.8 Å². The molecular formula is C16H23NO4. The van der Waals surface area contributed by atoms with Gasteiger partial charge in [0.25, 0.3) is 5.91 Å². The van der Waals surface area contributed by atoms with Crippen LogP contribution in [-0.4, -0.2) is 36.9 Å². The maximum absolute atomic E-state index is 11.9. The molecule has 1 aromatic carbocycles. The van der Waals surface area contributed by atoms with Crippen molar-refractivity contribution in [3.63, 3.8) is 0 Å². The predicted octanol–water partition coefficient (Wildman–Crippen LogP) is 1.72. The summed E-state index contributed by atoms with van der Waals surface area (Å²) >= 11 is 0. The molecule has 1 fully saturated rings. The van der Waals surface area contributed by atoms with Gasteiger partial charge in [0, 0.05) is 24.8 Å². The summed E-state index contributed by atoms with van der Waals surface area (Å²) in [6.07, 6.45) is 1.06. The Morgan fingerprint density at radius 2 is 2.19 bits per heavy atom. The molecule has 2 N–H and O–H groups in total. The minimum atomic E-state index is -0.626. The number of benzene rings is 1. The van der Waals surface area contributed by atoms with E-state index in [1.54, 1.807) is 6.92 Å². The lowest BCUT2D eigenvalue weighted by atomic mass is 10.1. The van der Waals surface area contributed by atoms with Crippen molar-refractivity contribution in [2.24, 2.45) is 0 Å². The standard InChI is InChI=1S/C16H23NO4/c1-11-3-4-14(12(2)18)15(9-11)21-10-16(19)17-13-5-7-20-8-6-13/h3-4,9,12-13,18H,5-8,10H2,1-2H3,(H,17,19)/t12-/m0/s1.